The zero-order valence-electron chi connectivity index (χ0n) is 7.06. The third-order valence-corrected chi connectivity index (χ3v) is 3.96. The fourth-order valence-corrected chi connectivity index (χ4v) is 2.97. The molecule has 2 aliphatic heterocycles. The minimum atomic E-state index is -3.32. The highest BCUT2D eigenvalue weighted by Gasteiger charge is 2.36. The van der Waals surface area contributed by atoms with Crippen LogP contribution in [0.15, 0.2) is 23.8 Å². The minimum Gasteiger partial charge on any atom is -0.289 e. The molecule has 2 heterocycles. The molecule has 0 spiro atoms. The maximum absolute atomic E-state index is 11.4. The molecule has 0 aromatic heterocycles. The van der Waals surface area contributed by atoms with Gasteiger partial charge in [-0.3, -0.25) is 14.9 Å². The van der Waals surface area contributed by atoms with Gasteiger partial charge in [-0.25, -0.2) is 8.42 Å². The van der Waals surface area contributed by atoms with Crippen LogP contribution in [-0.4, -0.2) is 31.2 Å². The lowest BCUT2D eigenvalue weighted by Crippen LogP contribution is -2.28. The van der Waals surface area contributed by atoms with Crippen molar-refractivity contribution in [1.29, 1.82) is 0 Å². The second-order valence-electron chi connectivity index (χ2n) is 3.10. The average Bonchev–Trinajstić information content (AvgIpc) is 2.54. The number of sulfone groups is 1. The second-order valence-corrected chi connectivity index (χ2v) is 5.26. The Hall–Kier alpha value is -1.43. The molecule has 0 fully saturated rings. The maximum atomic E-state index is 11.4. The van der Waals surface area contributed by atoms with Crippen molar-refractivity contribution >= 4 is 21.7 Å². The molecule has 6 heteroatoms. The van der Waals surface area contributed by atoms with Gasteiger partial charge in [0, 0.05) is 11.6 Å². The number of carbonyl (C=O) groups excluding carboxylic acids is 2. The molecule has 1 atom stereocenters. The summed E-state index contributed by atoms with van der Waals surface area (Å²) in [5.74, 6) is -1.24. The topological polar surface area (TPSA) is 80.3 Å². The van der Waals surface area contributed by atoms with E-state index in [0.29, 0.717) is 0 Å². The van der Waals surface area contributed by atoms with E-state index in [1.165, 1.54) is 12.2 Å². The third kappa shape index (κ3) is 1.27. The van der Waals surface area contributed by atoms with Crippen molar-refractivity contribution in [3.05, 3.63) is 23.8 Å². The molecular weight excluding hydrogens is 206 g/mol. The molecule has 0 aliphatic carbocycles. The number of hydrogen-bond acceptors (Lipinski definition) is 4. The van der Waals surface area contributed by atoms with Gasteiger partial charge in [0.2, 0.25) is 0 Å². The van der Waals surface area contributed by atoms with Gasteiger partial charge in [-0.15, -0.1) is 0 Å². The standard InChI is InChI=1S/C8H7NO4S/c10-7-4-5(8(11)9-7)6-2-1-3-14(6,12)13/h1-2,4,6H,3H2,(H,9,10,11). The van der Waals surface area contributed by atoms with Gasteiger partial charge >= 0.3 is 0 Å². The highest BCUT2D eigenvalue weighted by Crippen LogP contribution is 2.22. The smallest absolute Gasteiger partial charge is 0.255 e. The molecular formula is C8H7NO4S. The molecule has 0 aromatic carbocycles. The number of rotatable bonds is 1. The minimum absolute atomic E-state index is 0.0174. The molecule has 5 nitrogen and oxygen atoms in total. The summed E-state index contributed by atoms with van der Waals surface area (Å²) in [6.07, 6.45) is 3.95. The summed E-state index contributed by atoms with van der Waals surface area (Å²) in [5.41, 5.74) is 0.0174. The van der Waals surface area contributed by atoms with E-state index in [2.05, 4.69) is 0 Å². The molecule has 0 saturated heterocycles. The van der Waals surface area contributed by atoms with Crippen molar-refractivity contribution in [3.63, 3.8) is 0 Å². The Kier molecular flexibility index (Phi) is 1.81. The molecule has 0 saturated carbocycles. The van der Waals surface area contributed by atoms with Crippen LogP contribution in [0.2, 0.25) is 0 Å². The SMILES string of the molecule is O=C1C=C(C2C=CCS2(=O)=O)C(=O)N1. The first kappa shape index (κ1) is 9.14. The van der Waals surface area contributed by atoms with Crippen LogP contribution >= 0.6 is 0 Å². The summed E-state index contributed by atoms with van der Waals surface area (Å²) >= 11 is 0. The molecule has 74 valence electrons. The van der Waals surface area contributed by atoms with Crippen molar-refractivity contribution in [2.24, 2.45) is 0 Å². The molecule has 0 aromatic rings. The second kappa shape index (κ2) is 2.78. The summed E-state index contributed by atoms with van der Waals surface area (Å²) in [5, 5.41) is 1.06. The van der Waals surface area contributed by atoms with Crippen LogP contribution < -0.4 is 5.32 Å². The number of carbonyl (C=O) groups is 2. The number of hydrogen-bond donors (Lipinski definition) is 1. The van der Waals surface area contributed by atoms with Gasteiger partial charge in [0.15, 0.2) is 9.84 Å². The van der Waals surface area contributed by atoms with Crippen LogP contribution in [0.1, 0.15) is 0 Å². The Morgan fingerprint density at radius 3 is 2.50 bits per heavy atom. The highest BCUT2D eigenvalue weighted by atomic mass is 32.2. The maximum Gasteiger partial charge on any atom is 0.255 e. The lowest BCUT2D eigenvalue weighted by Gasteiger charge is -2.06. The largest absolute Gasteiger partial charge is 0.289 e. The number of nitrogens with one attached hydrogen (secondary N) is 1. The molecule has 1 unspecified atom stereocenters. The quantitative estimate of drug-likeness (QED) is 0.444. The predicted octanol–water partition coefficient (Wildman–Crippen LogP) is -1.08. The molecule has 2 rings (SSSR count). The molecule has 14 heavy (non-hydrogen) atoms. The summed E-state index contributed by atoms with van der Waals surface area (Å²) in [7, 11) is -3.32. The monoisotopic (exact) mass is 213 g/mol. The normalized spacial score (nSPS) is 29.1. The van der Waals surface area contributed by atoms with Crippen molar-refractivity contribution in [2.45, 2.75) is 5.25 Å². The first-order chi connectivity index (χ1) is 6.50. The van der Waals surface area contributed by atoms with Crippen LogP contribution in [0.5, 0.6) is 0 Å². The predicted molar refractivity (Wildman–Crippen MR) is 47.9 cm³/mol. The van der Waals surface area contributed by atoms with Crippen LogP contribution in [0.3, 0.4) is 0 Å². The fourth-order valence-electron chi connectivity index (χ4n) is 1.47. The van der Waals surface area contributed by atoms with Gasteiger partial charge in [0.05, 0.1) is 5.75 Å². The summed E-state index contributed by atoms with van der Waals surface area (Å²) in [4.78, 5) is 22.0. The van der Waals surface area contributed by atoms with Crippen molar-refractivity contribution in [3.8, 4) is 0 Å². The van der Waals surface area contributed by atoms with Gasteiger partial charge in [-0.2, -0.15) is 0 Å². The van der Waals surface area contributed by atoms with Gasteiger partial charge in [-0.05, 0) is 0 Å². The summed E-state index contributed by atoms with van der Waals surface area (Å²) < 4.78 is 22.8. The van der Waals surface area contributed by atoms with Crippen LogP contribution in [0.25, 0.3) is 0 Å². The average molecular weight is 213 g/mol. The lowest BCUT2D eigenvalue weighted by molar-refractivity contribution is -0.123. The zero-order chi connectivity index (χ0) is 10.3. The number of imide groups is 1. The Bertz CT molecular complexity index is 472. The van der Waals surface area contributed by atoms with E-state index in [0.717, 1.165) is 6.08 Å². The van der Waals surface area contributed by atoms with E-state index in [1.54, 1.807) is 0 Å². The molecule has 2 aliphatic rings. The van der Waals surface area contributed by atoms with Crippen molar-refractivity contribution < 1.29 is 18.0 Å². The molecule has 0 radical (unpaired) electrons. The first-order valence-corrected chi connectivity index (χ1v) is 5.67. The number of amides is 2. The van der Waals surface area contributed by atoms with E-state index in [-0.39, 0.29) is 11.3 Å². The Labute approximate surface area is 80.4 Å². The highest BCUT2D eigenvalue weighted by molar-refractivity contribution is 7.92. The van der Waals surface area contributed by atoms with E-state index in [9.17, 15) is 18.0 Å². The molecule has 0 bridgehead atoms. The summed E-state index contributed by atoms with van der Waals surface area (Å²) in [6.45, 7) is 0. The van der Waals surface area contributed by atoms with Gasteiger partial charge in [-0.1, -0.05) is 12.2 Å². The molecule has 2 amide bonds. The van der Waals surface area contributed by atoms with Crippen molar-refractivity contribution in [2.75, 3.05) is 5.75 Å². The van der Waals surface area contributed by atoms with Crippen LogP contribution in [-0.2, 0) is 19.4 Å². The third-order valence-electron chi connectivity index (χ3n) is 2.12. The van der Waals surface area contributed by atoms with E-state index >= 15 is 0 Å². The van der Waals surface area contributed by atoms with Crippen LogP contribution in [0, 0.1) is 0 Å². The lowest BCUT2D eigenvalue weighted by atomic mass is 10.2. The summed E-state index contributed by atoms with van der Waals surface area (Å²) in [6, 6.07) is 0. The fraction of sp³-hybridized carbons (Fsp3) is 0.250. The molecule has 1 N–H and O–H groups in total. The zero-order valence-corrected chi connectivity index (χ0v) is 7.87. The van der Waals surface area contributed by atoms with E-state index in [4.69, 9.17) is 0 Å². The Morgan fingerprint density at radius 1 is 1.36 bits per heavy atom. The first-order valence-electron chi connectivity index (χ1n) is 3.96. The van der Waals surface area contributed by atoms with Crippen LogP contribution in [0.4, 0.5) is 0 Å². The van der Waals surface area contributed by atoms with Gasteiger partial charge in [0.1, 0.15) is 5.25 Å². The van der Waals surface area contributed by atoms with E-state index in [1.807, 2.05) is 5.32 Å². The van der Waals surface area contributed by atoms with E-state index < -0.39 is 26.9 Å². The van der Waals surface area contributed by atoms with Crippen molar-refractivity contribution in [1.82, 2.24) is 5.32 Å². The van der Waals surface area contributed by atoms with Gasteiger partial charge in [0.25, 0.3) is 11.8 Å². The Morgan fingerprint density at radius 2 is 2.07 bits per heavy atom. The van der Waals surface area contributed by atoms with Gasteiger partial charge < -0.3 is 0 Å². The Balaban J connectivity index is 2.42.